The molecule has 0 aliphatic heterocycles. The predicted molar refractivity (Wildman–Crippen MR) is 139 cm³/mol. The summed E-state index contributed by atoms with van der Waals surface area (Å²) in [6.45, 7) is 1.81. The highest BCUT2D eigenvalue weighted by atomic mass is 35.5. The van der Waals surface area contributed by atoms with Crippen LogP contribution >= 0.6 is 35.0 Å². The van der Waals surface area contributed by atoms with Gasteiger partial charge in [0.05, 0.1) is 16.0 Å². The third kappa shape index (κ3) is 5.88. The van der Waals surface area contributed by atoms with Crippen LogP contribution in [0.5, 0.6) is 0 Å². The topological polar surface area (TPSA) is 58.2 Å². The zero-order valence-electron chi connectivity index (χ0n) is 17.6. The standard InChI is InChI=1S/C26H20Cl2N2O2S/c1-16(25(31)30-24-12-11-20(27)14-23(24)28)33-22-8-4-7-21(15-22)29-26(32)19-10-9-17-5-2-3-6-18(17)13-19/h2-16H,1H3,(H,29,32)(H,30,31). The summed E-state index contributed by atoms with van der Waals surface area (Å²) in [6, 6.07) is 25.9. The maximum atomic E-state index is 12.8. The van der Waals surface area contributed by atoms with E-state index in [1.165, 1.54) is 11.8 Å². The van der Waals surface area contributed by atoms with Gasteiger partial charge in [-0.3, -0.25) is 9.59 Å². The highest BCUT2D eigenvalue weighted by Crippen LogP contribution is 2.29. The number of carbonyl (C=O) groups is 2. The lowest BCUT2D eigenvalue weighted by molar-refractivity contribution is -0.115. The minimum Gasteiger partial charge on any atom is -0.324 e. The molecule has 1 unspecified atom stereocenters. The van der Waals surface area contributed by atoms with Crippen LogP contribution in [0, 0.1) is 0 Å². The molecule has 2 N–H and O–H groups in total. The van der Waals surface area contributed by atoms with Crippen LogP contribution in [0.1, 0.15) is 17.3 Å². The van der Waals surface area contributed by atoms with E-state index in [0.29, 0.717) is 27.0 Å². The van der Waals surface area contributed by atoms with Crippen LogP contribution < -0.4 is 10.6 Å². The van der Waals surface area contributed by atoms with Gasteiger partial charge in [-0.25, -0.2) is 0 Å². The summed E-state index contributed by atoms with van der Waals surface area (Å²) >= 11 is 13.4. The number of anilines is 2. The van der Waals surface area contributed by atoms with Gasteiger partial charge in [0.15, 0.2) is 0 Å². The van der Waals surface area contributed by atoms with Crippen molar-refractivity contribution in [1.29, 1.82) is 0 Å². The average molecular weight is 495 g/mol. The first-order chi connectivity index (χ1) is 15.9. The third-order valence-electron chi connectivity index (χ3n) is 4.97. The van der Waals surface area contributed by atoms with E-state index in [2.05, 4.69) is 10.6 Å². The summed E-state index contributed by atoms with van der Waals surface area (Å²) in [5, 5.41) is 8.35. The molecule has 0 fully saturated rings. The molecule has 1 atom stereocenters. The maximum absolute atomic E-state index is 12.8. The Bertz CT molecular complexity index is 1340. The summed E-state index contributed by atoms with van der Waals surface area (Å²) in [5.74, 6) is -0.374. The van der Waals surface area contributed by atoms with E-state index in [0.717, 1.165) is 15.7 Å². The number of carbonyl (C=O) groups excluding carboxylic acids is 2. The fourth-order valence-electron chi connectivity index (χ4n) is 3.26. The van der Waals surface area contributed by atoms with Gasteiger partial charge in [-0.15, -0.1) is 11.8 Å². The largest absolute Gasteiger partial charge is 0.324 e. The van der Waals surface area contributed by atoms with E-state index in [9.17, 15) is 9.59 Å². The predicted octanol–water partition coefficient (Wildman–Crippen LogP) is 7.52. The van der Waals surface area contributed by atoms with Crippen molar-refractivity contribution in [3.8, 4) is 0 Å². The van der Waals surface area contributed by atoms with Gasteiger partial charge >= 0.3 is 0 Å². The summed E-state index contributed by atoms with van der Waals surface area (Å²) in [7, 11) is 0. The Morgan fingerprint density at radius 1 is 0.818 bits per heavy atom. The van der Waals surface area contributed by atoms with Crippen LogP contribution in [0.2, 0.25) is 10.0 Å². The van der Waals surface area contributed by atoms with Gasteiger partial charge in [0.1, 0.15) is 0 Å². The van der Waals surface area contributed by atoms with Gasteiger partial charge in [-0.1, -0.05) is 59.6 Å². The molecule has 0 aromatic heterocycles. The molecular formula is C26H20Cl2N2O2S. The monoisotopic (exact) mass is 494 g/mol. The van der Waals surface area contributed by atoms with E-state index < -0.39 is 0 Å². The minimum atomic E-state index is -0.386. The van der Waals surface area contributed by atoms with Crippen molar-refractivity contribution >= 4 is 68.9 Å². The van der Waals surface area contributed by atoms with Gasteiger partial charge in [-0.2, -0.15) is 0 Å². The molecule has 0 radical (unpaired) electrons. The molecule has 2 amide bonds. The van der Waals surface area contributed by atoms with E-state index in [-0.39, 0.29) is 17.1 Å². The van der Waals surface area contributed by atoms with Crippen LogP contribution in [-0.2, 0) is 4.79 Å². The maximum Gasteiger partial charge on any atom is 0.255 e. The van der Waals surface area contributed by atoms with E-state index in [4.69, 9.17) is 23.2 Å². The SMILES string of the molecule is CC(Sc1cccc(NC(=O)c2ccc3ccccc3c2)c1)C(=O)Nc1ccc(Cl)cc1Cl. The second kappa shape index (κ2) is 10.3. The fourth-order valence-corrected chi connectivity index (χ4v) is 4.65. The Kier molecular flexibility index (Phi) is 7.23. The van der Waals surface area contributed by atoms with E-state index in [1.807, 2.05) is 73.7 Å². The Morgan fingerprint density at radius 3 is 2.39 bits per heavy atom. The molecule has 4 aromatic carbocycles. The van der Waals surface area contributed by atoms with Crippen molar-refractivity contribution < 1.29 is 9.59 Å². The molecule has 33 heavy (non-hydrogen) atoms. The van der Waals surface area contributed by atoms with Crippen LogP contribution in [0.3, 0.4) is 0 Å². The Hall–Kier alpha value is -2.99. The van der Waals surface area contributed by atoms with Crippen molar-refractivity contribution in [3.05, 3.63) is 101 Å². The molecule has 0 saturated carbocycles. The highest BCUT2D eigenvalue weighted by Gasteiger charge is 2.16. The van der Waals surface area contributed by atoms with E-state index in [1.54, 1.807) is 18.2 Å². The van der Waals surface area contributed by atoms with Crippen molar-refractivity contribution in [2.45, 2.75) is 17.1 Å². The number of fused-ring (bicyclic) bond motifs is 1. The fraction of sp³-hybridized carbons (Fsp3) is 0.0769. The van der Waals surface area contributed by atoms with Gasteiger partial charge in [-0.05, 0) is 66.2 Å². The zero-order chi connectivity index (χ0) is 23.4. The number of hydrogen-bond donors (Lipinski definition) is 2. The second-order valence-electron chi connectivity index (χ2n) is 7.42. The first-order valence-corrected chi connectivity index (χ1v) is 11.9. The average Bonchev–Trinajstić information content (AvgIpc) is 2.80. The second-order valence-corrected chi connectivity index (χ2v) is 9.68. The number of hydrogen-bond acceptors (Lipinski definition) is 3. The van der Waals surface area contributed by atoms with Crippen molar-refractivity contribution in [1.82, 2.24) is 0 Å². The van der Waals surface area contributed by atoms with Gasteiger partial charge < -0.3 is 10.6 Å². The number of halogens is 2. The molecule has 166 valence electrons. The molecular weight excluding hydrogens is 475 g/mol. The number of benzene rings is 4. The lowest BCUT2D eigenvalue weighted by atomic mass is 10.1. The lowest BCUT2D eigenvalue weighted by Gasteiger charge is -2.14. The van der Waals surface area contributed by atoms with E-state index >= 15 is 0 Å². The van der Waals surface area contributed by atoms with Crippen molar-refractivity contribution in [3.63, 3.8) is 0 Å². The number of amides is 2. The molecule has 4 nitrogen and oxygen atoms in total. The highest BCUT2D eigenvalue weighted by molar-refractivity contribution is 8.00. The summed E-state index contributed by atoms with van der Waals surface area (Å²) in [6.07, 6.45) is 0. The van der Waals surface area contributed by atoms with Crippen LogP contribution in [0.15, 0.2) is 89.8 Å². The number of thioether (sulfide) groups is 1. The third-order valence-corrected chi connectivity index (χ3v) is 6.62. The van der Waals surface area contributed by atoms with Gasteiger partial charge in [0, 0.05) is 21.2 Å². The molecule has 0 spiro atoms. The molecule has 0 aliphatic rings. The minimum absolute atomic E-state index is 0.185. The first-order valence-electron chi connectivity index (χ1n) is 10.2. The summed E-state index contributed by atoms with van der Waals surface area (Å²) < 4.78 is 0. The quantitative estimate of drug-likeness (QED) is 0.272. The number of rotatable bonds is 6. The molecule has 0 heterocycles. The molecule has 4 rings (SSSR count). The Balaban J connectivity index is 1.41. The molecule has 0 saturated heterocycles. The summed E-state index contributed by atoms with van der Waals surface area (Å²) in [5.41, 5.74) is 1.75. The van der Waals surface area contributed by atoms with Gasteiger partial charge in [0.2, 0.25) is 5.91 Å². The van der Waals surface area contributed by atoms with Crippen LogP contribution in [-0.4, -0.2) is 17.1 Å². The Labute approximate surface area is 206 Å². The molecule has 7 heteroatoms. The Morgan fingerprint density at radius 2 is 1.61 bits per heavy atom. The molecule has 0 bridgehead atoms. The zero-order valence-corrected chi connectivity index (χ0v) is 20.0. The number of nitrogens with one attached hydrogen (secondary N) is 2. The molecule has 4 aromatic rings. The molecule has 0 aliphatic carbocycles. The lowest BCUT2D eigenvalue weighted by Crippen LogP contribution is -2.22. The van der Waals surface area contributed by atoms with Crippen molar-refractivity contribution in [2.24, 2.45) is 0 Å². The smallest absolute Gasteiger partial charge is 0.255 e. The van der Waals surface area contributed by atoms with Gasteiger partial charge in [0.25, 0.3) is 5.91 Å². The summed E-state index contributed by atoms with van der Waals surface area (Å²) in [4.78, 5) is 26.2. The first kappa shape index (κ1) is 23.2. The van der Waals surface area contributed by atoms with Crippen LogP contribution in [0.25, 0.3) is 10.8 Å². The van der Waals surface area contributed by atoms with Crippen molar-refractivity contribution in [2.75, 3.05) is 10.6 Å². The normalized spacial score (nSPS) is 11.7. The van der Waals surface area contributed by atoms with Crippen LogP contribution in [0.4, 0.5) is 11.4 Å².